The number of thioether (sulfide) groups is 1. The highest BCUT2D eigenvalue weighted by Crippen LogP contribution is 2.25. The predicted octanol–water partition coefficient (Wildman–Crippen LogP) is 4.00. The van der Waals surface area contributed by atoms with Crippen LogP contribution in [0.25, 0.3) is 5.69 Å². The second kappa shape index (κ2) is 10.0. The Morgan fingerprint density at radius 3 is 2.56 bits per heavy atom. The molecule has 3 aromatic rings. The Hall–Kier alpha value is -3.06. The van der Waals surface area contributed by atoms with E-state index in [1.807, 2.05) is 52.1 Å². The summed E-state index contributed by atoms with van der Waals surface area (Å²) < 4.78 is 2.05. The Bertz CT molecular complexity index is 1090. The minimum Gasteiger partial charge on any atom is -0.349 e. The van der Waals surface area contributed by atoms with Crippen molar-refractivity contribution in [1.29, 1.82) is 0 Å². The summed E-state index contributed by atoms with van der Waals surface area (Å²) in [5, 5.41) is 3.91. The fourth-order valence-electron chi connectivity index (χ4n) is 3.93. The van der Waals surface area contributed by atoms with E-state index in [1.54, 1.807) is 6.20 Å². The third-order valence-electron chi connectivity index (χ3n) is 5.99. The number of carbonyl (C=O) groups excluding carboxylic acids is 2. The maximum absolute atomic E-state index is 12.8. The molecule has 0 saturated carbocycles. The number of piperidine rings is 1. The quantitative estimate of drug-likeness (QED) is 0.579. The van der Waals surface area contributed by atoms with Crippen LogP contribution in [0.15, 0.2) is 66.1 Å². The van der Waals surface area contributed by atoms with E-state index in [-0.39, 0.29) is 17.9 Å². The molecular formula is C25H28N4O2S. The molecule has 0 atom stereocenters. The van der Waals surface area contributed by atoms with Gasteiger partial charge in [-0.1, -0.05) is 42.1 Å². The number of benzene rings is 2. The summed E-state index contributed by atoms with van der Waals surface area (Å²) in [6, 6.07) is 15.6. The first-order valence-electron chi connectivity index (χ1n) is 10.9. The lowest BCUT2D eigenvalue weighted by molar-refractivity contribution is -0.129. The summed E-state index contributed by atoms with van der Waals surface area (Å²) >= 11 is 1.46. The van der Waals surface area contributed by atoms with Crippen LogP contribution in [0, 0.1) is 13.8 Å². The molecular weight excluding hydrogens is 420 g/mol. The minimum absolute atomic E-state index is 0.0517. The van der Waals surface area contributed by atoms with Crippen LogP contribution < -0.4 is 5.32 Å². The van der Waals surface area contributed by atoms with Gasteiger partial charge in [-0.15, -0.1) is 0 Å². The number of aromatic nitrogens is 2. The fourth-order valence-corrected chi connectivity index (χ4v) is 4.79. The van der Waals surface area contributed by atoms with Crippen LogP contribution in [0.3, 0.4) is 0 Å². The van der Waals surface area contributed by atoms with Crippen molar-refractivity contribution in [1.82, 2.24) is 19.8 Å². The predicted molar refractivity (Wildman–Crippen MR) is 127 cm³/mol. The molecule has 7 heteroatoms. The highest BCUT2D eigenvalue weighted by atomic mass is 32.2. The Morgan fingerprint density at radius 1 is 1.06 bits per heavy atom. The van der Waals surface area contributed by atoms with Crippen molar-refractivity contribution >= 4 is 23.6 Å². The van der Waals surface area contributed by atoms with Crippen molar-refractivity contribution in [3.05, 3.63) is 77.6 Å². The van der Waals surface area contributed by atoms with Crippen LogP contribution in [-0.2, 0) is 4.79 Å². The van der Waals surface area contributed by atoms with Crippen LogP contribution in [0.1, 0.15) is 34.3 Å². The molecule has 0 bridgehead atoms. The van der Waals surface area contributed by atoms with Gasteiger partial charge in [-0.2, -0.15) is 0 Å². The van der Waals surface area contributed by atoms with Gasteiger partial charge in [0.05, 0.1) is 11.4 Å². The summed E-state index contributed by atoms with van der Waals surface area (Å²) in [6.07, 6.45) is 5.25. The molecule has 32 heavy (non-hydrogen) atoms. The fraction of sp³-hybridized carbons (Fsp3) is 0.320. The van der Waals surface area contributed by atoms with E-state index in [4.69, 9.17) is 0 Å². The maximum atomic E-state index is 12.8. The first-order valence-corrected chi connectivity index (χ1v) is 11.9. The third-order valence-corrected chi connectivity index (χ3v) is 6.94. The highest BCUT2D eigenvalue weighted by molar-refractivity contribution is 7.99. The van der Waals surface area contributed by atoms with Crippen molar-refractivity contribution in [3.8, 4) is 5.69 Å². The van der Waals surface area contributed by atoms with Gasteiger partial charge in [-0.25, -0.2) is 4.98 Å². The molecule has 1 fully saturated rings. The van der Waals surface area contributed by atoms with Crippen LogP contribution >= 0.6 is 11.8 Å². The van der Waals surface area contributed by atoms with Gasteiger partial charge in [0.15, 0.2) is 5.16 Å². The second-order valence-electron chi connectivity index (χ2n) is 8.08. The lowest BCUT2D eigenvalue weighted by Crippen LogP contribution is -2.47. The number of amides is 2. The van der Waals surface area contributed by atoms with Gasteiger partial charge in [0.2, 0.25) is 5.91 Å². The Kier molecular flexibility index (Phi) is 6.95. The normalized spacial score (nSPS) is 14.4. The van der Waals surface area contributed by atoms with E-state index in [0.717, 1.165) is 23.7 Å². The van der Waals surface area contributed by atoms with Crippen LogP contribution in [0.4, 0.5) is 0 Å². The van der Waals surface area contributed by atoms with E-state index in [9.17, 15) is 9.59 Å². The number of carbonyl (C=O) groups is 2. The Labute approximate surface area is 193 Å². The van der Waals surface area contributed by atoms with Crippen LogP contribution in [0.2, 0.25) is 0 Å². The molecule has 1 aromatic heterocycles. The molecule has 1 aliphatic rings. The summed E-state index contributed by atoms with van der Waals surface area (Å²) in [7, 11) is 0. The van der Waals surface area contributed by atoms with E-state index in [1.165, 1.54) is 22.9 Å². The molecule has 1 aliphatic heterocycles. The average Bonchev–Trinajstić information content (AvgIpc) is 3.28. The molecule has 6 nitrogen and oxygen atoms in total. The molecule has 2 aromatic carbocycles. The van der Waals surface area contributed by atoms with E-state index >= 15 is 0 Å². The zero-order valence-electron chi connectivity index (χ0n) is 18.5. The molecule has 2 amide bonds. The van der Waals surface area contributed by atoms with Gasteiger partial charge in [0, 0.05) is 37.1 Å². The monoisotopic (exact) mass is 448 g/mol. The third kappa shape index (κ3) is 5.05. The molecule has 4 rings (SSSR count). The molecule has 0 spiro atoms. The smallest absolute Gasteiger partial charge is 0.251 e. The van der Waals surface area contributed by atoms with Crippen LogP contribution in [-0.4, -0.2) is 51.1 Å². The van der Waals surface area contributed by atoms with Crippen molar-refractivity contribution in [2.75, 3.05) is 18.8 Å². The summed E-state index contributed by atoms with van der Waals surface area (Å²) in [5.41, 5.74) is 4.19. The summed E-state index contributed by atoms with van der Waals surface area (Å²) in [5.74, 6) is 0.408. The topological polar surface area (TPSA) is 67.2 Å². The largest absolute Gasteiger partial charge is 0.349 e. The van der Waals surface area contributed by atoms with Crippen LogP contribution in [0.5, 0.6) is 0 Å². The zero-order valence-corrected chi connectivity index (χ0v) is 19.3. The number of hydrogen-bond acceptors (Lipinski definition) is 4. The van der Waals surface area contributed by atoms with E-state index < -0.39 is 0 Å². The maximum Gasteiger partial charge on any atom is 0.251 e. The molecule has 0 unspecified atom stereocenters. The standard InChI is InChI=1S/C25H28N4O2S/c1-18-7-6-10-22(19(18)2)29-16-13-26-25(29)32-17-23(30)28-14-11-21(12-15-28)27-24(31)20-8-4-3-5-9-20/h3-10,13,16,21H,11-12,14-15,17H2,1-2H3,(H,27,31). The van der Waals surface area contributed by atoms with Gasteiger partial charge in [-0.05, 0) is 56.0 Å². The first kappa shape index (κ1) is 22.1. The number of nitrogens with one attached hydrogen (secondary N) is 1. The minimum atomic E-state index is -0.0517. The molecule has 2 heterocycles. The van der Waals surface area contributed by atoms with Gasteiger partial charge >= 0.3 is 0 Å². The molecule has 1 N–H and O–H groups in total. The van der Waals surface area contributed by atoms with Crippen molar-refractivity contribution in [2.45, 2.75) is 37.9 Å². The lowest BCUT2D eigenvalue weighted by atomic mass is 10.0. The molecule has 0 radical (unpaired) electrons. The number of imidazole rings is 1. The second-order valence-corrected chi connectivity index (χ2v) is 9.02. The molecule has 166 valence electrons. The first-order chi connectivity index (χ1) is 15.5. The number of nitrogens with zero attached hydrogens (tertiary/aromatic N) is 3. The number of aryl methyl sites for hydroxylation is 1. The average molecular weight is 449 g/mol. The zero-order chi connectivity index (χ0) is 22.5. The number of likely N-dealkylation sites (tertiary alicyclic amines) is 1. The van der Waals surface area contributed by atoms with E-state index in [0.29, 0.717) is 24.4 Å². The SMILES string of the molecule is Cc1cccc(-n2ccnc2SCC(=O)N2CCC(NC(=O)c3ccccc3)CC2)c1C. The van der Waals surface area contributed by atoms with Crippen molar-refractivity contribution < 1.29 is 9.59 Å². The van der Waals surface area contributed by atoms with Gasteiger partial charge in [-0.3, -0.25) is 14.2 Å². The Morgan fingerprint density at radius 2 is 1.81 bits per heavy atom. The van der Waals surface area contributed by atoms with Gasteiger partial charge in [0.25, 0.3) is 5.91 Å². The summed E-state index contributed by atoms with van der Waals surface area (Å²) in [4.78, 5) is 31.5. The number of rotatable bonds is 6. The van der Waals surface area contributed by atoms with Crippen molar-refractivity contribution in [3.63, 3.8) is 0 Å². The lowest BCUT2D eigenvalue weighted by Gasteiger charge is -2.32. The molecule has 0 aliphatic carbocycles. The van der Waals surface area contributed by atoms with E-state index in [2.05, 4.69) is 36.3 Å². The van der Waals surface area contributed by atoms with Gasteiger partial charge < -0.3 is 10.2 Å². The van der Waals surface area contributed by atoms with Gasteiger partial charge in [0.1, 0.15) is 0 Å². The van der Waals surface area contributed by atoms with Crippen molar-refractivity contribution in [2.24, 2.45) is 0 Å². The highest BCUT2D eigenvalue weighted by Gasteiger charge is 2.24. The number of hydrogen-bond donors (Lipinski definition) is 1. The Balaban J connectivity index is 1.29. The summed E-state index contributed by atoms with van der Waals surface area (Å²) in [6.45, 7) is 5.51. The molecule has 1 saturated heterocycles.